The van der Waals surface area contributed by atoms with Gasteiger partial charge in [0, 0.05) is 32.7 Å². The highest BCUT2D eigenvalue weighted by Gasteiger charge is 2.24. The first-order chi connectivity index (χ1) is 10.4. The van der Waals surface area contributed by atoms with Gasteiger partial charge in [-0.25, -0.2) is 9.59 Å². The van der Waals surface area contributed by atoms with E-state index in [1.165, 1.54) is 0 Å². The predicted octanol–water partition coefficient (Wildman–Crippen LogP) is 0.242. The third-order valence-corrected chi connectivity index (χ3v) is 3.23. The minimum atomic E-state index is -0.346. The number of ether oxygens (including phenoxy) is 1. The summed E-state index contributed by atoms with van der Waals surface area (Å²) in [4.78, 5) is 38.2. The Kier molecular flexibility index (Phi) is 7.48. The van der Waals surface area contributed by atoms with E-state index >= 15 is 0 Å². The fourth-order valence-corrected chi connectivity index (χ4v) is 1.98. The minimum absolute atomic E-state index is 0.0384. The van der Waals surface area contributed by atoms with Gasteiger partial charge in [-0.15, -0.1) is 0 Å². The molecule has 2 N–H and O–H groups in total. The van der Waals surface area contributed by atoms with E-state index in [1.807, 2.05) is 13.8 Å². The number of piperazine rings is 1. The smallest absolute Gasteiger partial charge is 0.409 e. The molecule has 0 unspecified atom stereocenters. The molecule has 0 aromatic heterocycles. The molecule has 1 heterocycles. The van der Waals surface area contributed by atoms with Crippen molar-refractivity contribution in [2.75, 3.05) is 45.9 Å². The molecular formula is C14H26N4O4. The van der Waals surface area contributed by atoms with Gasteiger partial charge < -0.3 is 25.2 Å². The van der Waals surface area contributed by atoms with Crippen molar-refractivity contribution in [1.29, 1.82) is 0 Å². The molecular weight excluding hydrogens is 288 g/mol. The number of rotatable bonds is 5. The summed E-state index contributed by atoms with van der Waals surface area (Å²) in [6.45, 7) is 8.42. The van der Waals surface area contributed by atoms with Crippen molar-refractivity contribution in [3.8, 4) is 0 Å². The number of amides is 4. The van der Waals surface area contributed by atoms with Gasteiger partial charge in [0.25, 0.3) is 0 Å². The van der Waals surface area contributed by atoms with E-state index in [0.29, 0.717) is 45.2 Å². The number of nitrogens with one attached hydrogen (secondary N) is 2. The molecule has 8 nitrogen and oxygen atoms in total. The first-order valence-corrected chi connectivity index (χ1v) is 7.65. The first-order valence-electron chi connectivity index (χ1n) is 7.65. The third-order valence-electron chi connectivity index (χ3n) is 3.23. The fourth-order valence-electron chi connectivity index (χ4n) is 1.98. The maximum absolute atomic E-state index is 12.0. The van der Waals surface area contributed by atoms with Gasteiger partial charge in [-0.3, -0.25) is 4.79 Å². The number of hydrogen-bond acceptors (Lipinski definition) is 4. The van der Waals surface area contributed by atoms with Crippen molar-refractivity contribution in [3.05, 3.63) is 0 Å². The van der Waals surface area contributed by atoms with Crippen LogP contribution in [0.25, 0.3) is 0 Å². The van der Waals surface area contributed by atoms with Crippen LogP contribution in [0.3, 0.4) is 0 Å². The molecule has 0 saturated carbocycles. The Balaban J connectivity index is 2.25. The number of carbonyl (C=O) groups is 3. The second kappa shape index (κ2) is 9.11. The van der Waals surface area contributed by atoms with Crippen LogP contribution in [0.15, 0.2) is 0 Å². The molecule has 0 spiro atoms. The topological polar surface area (TPSA) is 91.0 Å². The lowest BCUT2D eigenvalue weighted by Gasteiger charge is -2.34. The maximum Gasteiger partial charge on any atom is 0.409 e. The van der Waals surface area contributed by atoms with Crippen LogP contribution in [0.5, 0.6) is 0 Å². The number of urea groups is 1. The van der Waals surface area contributed by atoms with Gasteiger partial charge in [0.1, 0.15) is 0 Å². The Morgan fingerprint density at radius 2 is 1.64 bits per heavy atom. The zero-order chi connectivity index (χ0) is 16.5. The molecule has 0 atom stereocenters. The highest BCUT2D eigenvalue weighted by Crippen LogP contribution is 2.04. The molecule has 0 bridgehead atoms. The third kappa shape index (κ3) is 6.19. The van der Waals surface area contributed by atoms with Crippen molar-refractivity contribution in [2.45, 2.75) is 20.8 Å². The van der Waals surface area contributed by atoms with Gasteiger partial charge in [-0.1, -0.05) is 13.8 Å². The summed E-state index contributed by atoms with van der Waals surface area (Å²) in [5, 5.41) is 5.23. The molecule has 1 saturated heterocycles. The van der Waals surface area contributed by atoms with Crippen molar-refractivity contribution in [3.63, 3.8) is 0 Å². The summed E-state index contributed by atoms with van der Waals surface area (Å²) in [6, 6.07) is -0.341. The number of nitrogens with zero attached hydrogens (tertiary/aromatic N) is 2. The summed E-state index contributed by atoms with van der Waals surface area (Å²) in [7, 11) is 0. The Labute approximate surface area is 131 Å². The molecule has 8 heteroatoms. The van der Waals surface area contributed by atoms with Crippen LogP contribution < -0.4 is 10.6 Å². The lowest BCUT2D eigenvalue weighted by molar-refractivity contribution is -0.131. The van der Waals surface area contributed by atoms with Crippen molar-refractivity contribution < 1.29 is 19.1 Å². The summed E-state index contributed by atoms with van der Waals surface area (Å²) < 4.78 is 4.92. The average molecular weight is 314 g/mol. The second-order valence-corrected chi connectivity index (χ2v) is 5.52. The zero-order valence-electron chi connectivity index (χ0n) is 13.6. The van der Waals surface area contributed by atoms with Crippen LogP contribution >= 0.6 is 0 Å². The van der Waals surface area contributed by atoms with Crippen molar-refractivity contribution >= 4 is 18.0 Å². The van der Waals surface area contributed by atoms with Crippen LogP contribution in [0.2, 0.25) is 0 Å². The SMILES string of the molecule is CCOC(=O)N1CCN(C(=O)CNC(=O)NCC(C)C)CC1. The lowest BCUT2D eigenvalue weighted by Crippen LogP contribution is -2.53. The molecule has 0 aromatic carbocycles. The van der Waals surface area contributed by atoms with Crippen molar-refractivity contribution in [2.24, 2.45) is 5.92 Å². The zero-order valence-corrected chi connectivity index (χ0v) is 13.6. The van der Waals surface area contributed by atoms with E-state index in [1.54, 1.807) is 16.7 Å². The van der Waals surface area contributed by atoms with Crippen LogP contribution in [-0.4, -0.2) is 73.7 Å². The highest BCUT2D eigenvalue weighted by molar-refractivity contribution is 5.84. The van der Waals surface area contributed by atoms with Gasteiger partial charge in [-0.2, -0.15) is 0 Å². The molecule has 0 radical (unpaired) electrons. The molecule has 1 aliphatic heterocycles. The van der Waals surface area contributed by atoms with E-state index in [0.717, 1.165) is 0 Å². The Hall–Kier alpha value is -1.99. The average Bonchev–Trinajstić information content (AvgIpc) is 2.51. The van der Waals surface area contributed by atoms with E-state index in [9.17, 15) is 14.4 Å². The van der Waals surface area contributed by atoms with E-state index < -0.39 is 0 Å². The largest absolute Gasteiger partial charge is 0.450 e. The molecule has 1 rings (SSSR count). The van der Waals surface area contributed by atoms with E-state index in [4.69, 9.17) is 4.74 Å². The minimum Gasteiger partial charge on any atom is -0.450 e. The molecule has 126 valence electrons. The summed E-state index contributed by atoms with van der Waals surface area (Å²) in [5.41, 5.74) is 0. The maximum atomic E-state index is 12.0. The van der Waals surface area contributed by atoms with Gasteiger partial charge >= 0.3 is 12.1 Å². The Morgan fingerprint density at radius 3 is 2.18 bits per heavy atom. The first kappa shape index (κ1) is 18.1. The number of hydrogen-bond donors (Lipinski definition) is 2. The molecule has 0 aromatic rings. The highest BCUT2D eigenvalue weighted by atomic mass is 16.6. The lowest BCUT2D eigenvalue weighted by atomic mass is 10.2. The monoisotopic (exact) mass is 314 g/mol. The molecule has 1 aliphatic rings. The fraction of sp³-hybridized carbons (Fsp3) is 0.786. The normalized spacial score (nSPS) is 14.7. The Bertz CT molecular complexity index is 392. The molecule has 22 heavy (non-hydrogen) atoms. The van der Waals surface area contributed by atoms with Gasteiger partial charge in [-0.05, 0) is 12.8 Å². The summed E-state index contributed by atoms with van der Waals surface area (Å²) >= 11 is 0. The van der Waals surface area contributed by atoms with Crippen LogP contribution in [0, 0.1) is 5.92 Å². The number of carbonyl (C=O) groups excluding carboxylic acids is 3. The summed E-state index contributed by atoms with van der Waals surface area (Å²) in [6.07, 6.45) is -0.346. The van der Waals surface area contributed by atoms with E-state index in [-0.39, 0.29) is 24.6 Å². The predicted molar refractivity (Wildman–Crippen MR) is 81.4 cm³/mol. The standard InChI is InChI=1S/C14H26N4O4/c1-4-22-14(21)18-7-5-17(6-8-18)12(19)10-16-13(20)15-9-11(2)3/h11H,4-10H2,1-3H3,(H2,15,16,20). The Morgan fingerprint density at radius 1 is 1.05 bits per heavy atom. The quantitative estimate of drug-likeness (QED) is 0.760. The molecule has 0 aliphatic carbocycles. The molecule has 1 fully saturated rings. The van der Waals surface area contributed by atoms with Crippen LogP contribution in [0.1, 0.15) is 20.8 Å². The van der Waals surface area contributed by atoms with E-state index in [2.05, 4.69) is 10.6 Å². The van der Waals surface area contributed by atoms with Gasteiger partial charge in [0.2, 0.25) is 5.91 Å². The molecule has 4 amide bonds. The van der Waals surface area contributed by atoms with Gasteiger partial charge in [0.15, 0.2) is 0 Å². The van der Waals surface area contributed by atoms with Crippen LogP contribution in [-0.2, 0) is 9.53 Å². The van der Waals surface area contributed by atoms with Gasteiger partial charge in [0.05, 0.1) is 13.2 Å². The van der Waals surface area contributed by atoms with Crippen LogP contribution in [0.4, 0.5) is 9.59 Å². The summed E-state index contributed by atoms with van der Waals surface area (Å²) in [5.74, 6) is 0.209. The second-order valence-electron chi connectivity index (χ2n) is 5.52. The van der Waals surface area contributed by atoms with Crippen molar-refractivity contribution in [1.82, 2.24) is 20.4 Å².